The number of nitrogens with two attached hydrogens (primary N) is 1. The van der Waals surface area contributed by atoms with Crippen molar-refractivity contribution in [2.45, 2.75) is 13.8 Å². The first-order valence-electron chi connectivity index (χ1n) is 5.74. The van der Waals surface area contributed by atoms with E-state index in [9.17, 15) is 4.79 Å². The summed E-state index contributed by atoms with van der Waals surface area (Å²) in [6, 6.07) is 5.36. The van der Waals surface area contributed by atoms with Crippen LogP contribution in [0.5, 0.6) is 5.75 Å². The molecule has 0 fully saturated rings. The second-order valence-corrected chi connectivity index (χ2v) is 3.86. The minimum Gasteiger partial charge on any atom is -0.494 e. The maximum absolute atomic E-state index is 11.9. The molecule has 0 radical (unpaired) electrons. The Bertz CT molecular complexity index is 594. The van der Waals surface area contributed by atoms with Crippen molar-refractivity contribution in [2.75, 3.05) is 17.7 Å². The average molecular weight is 262 g/mol. The minimum absolute atomic E-state index is 0.0340. The summed E-state index contributed by atoms with van der Waals surface area (Å²) < 4.78 is 9.75. The van der Waals surface area contributed by atoms with E-state index in [1.165, 1.54) is 0 Å². The van der Waals surface area contributed by atoms with E-state index in [1.54, 1.807) is 12.1 Å². The summed E-state index contributed by atoms with van der Waals surface area (Å²) in [4.78, 5) is 11.9. The first kappa shape index (κ1) is 12.9. The van der Waals surface area contributed by atoms with Crippen LogP contribution in [-0.2, 0) is 0 Å². The lowest BCUT2D eigenvalue weighted by Crippen LogP contribution is -2.15. The molecule has 0 bridgehead atoms. The number of nitrogen functional groups attached to an aromatic ring is 1. The molecular formula is C12H14N4O3. The van der Waals surface area contributed by atoms with Crippen LogP contribution < -0.4 is 15.8 Å². The minimum atomic E-state index is -0.467. The smallest absolute Gasteiger partial charge is 0.281 e. The number of nitrogens with zero attached hydrogens (tertiary/aromatic N) is 2. The average Bonchev–Trinajstić information content (AvgIpc) is 2.79. The summed E-state index contributed by atoms with van der Waals surface area (Å²) >= 11 is 0. The van der Waals surface area contributed by atoms with Crippen molar-refractivity contribution in [3.05, 3.63) is 29.5 Å². The first-order chi connectivity index (χ1) is 9.11. The topological polar surface area (TPSA) is 103 Å². The second-order valence-electron chi connectivity index (χ2n) is 3.86. The van der Waals surface area contributed by atoms with E-state index in [1.807, 2.05) is 19.9 Å². The molecule has 2 rings (SSSR count). The third-order valence-electron chi connectivity index (χ3n) is 2.49. The molecule has 1 amide bonds. The van der Waals surface area contributed by atoms with Gasteiger partial charge in [-0.25, -0.2) is 4.63 Å². The van der Waals surface area contributed by atoms with E-state index in [2.05, 4.69) is 20.3 Å². The molecule has 1 aromatic carbocycles. The predicted octanol–water partition coefficient (Wildman–Crippen LogP) is 1.61. The predicted molar refractivity (Wildman–Crippen MR) is 69.0 cm³/mol. The van der Waals surface area contributed by atoms with Crippen molar-refractivity contribution < 1.29 is 14.2 Å². The lowest BCUT2D eigenvalue weighted by atomic mass is 10.2. The molecular weight excluding hydrogens is 248 g/mol. The van der Waals surface area contributed by atoms with Crippen LogP contribution in [0.4, 0.5) is 11.5 Å². The van der Waals surface area contributed by atoms with E-state index in [0.29, 0.717) is 12.3 Å². The van der Waals surface area contributed by atoms with Gasteiger partial charge in [-0.3, -0.25) is 4.79 Å². The highest BCUT2D eigenvalue weighted by molar-refractivity contribution is 6.05. The number of aryl methyl sites for hydroxylation is 1. The van der Waals surface area contributed by atoms with Crippen molar-refractivity contribution in [3.8, 4) is 5.75 Å². The van der Waals surface area contributed by atoms with Crippen LogP contribution in [0.2, 0.25) is 0 Å². The number of aromatic nitrogens is 2. The summed E-state index contributed by atoms with van der Waals surface area (Å²) in [5.41, 5.74) is 6.93. The van der Waals surface area contributed by atoms with E-state index in [0.717, 1.165) is 11.3 Å². The third kappa shape index (κ3) is 2.82. The van der Waals surface area contributed by atoms with Crippen molar-refractivity contribution in [1.82, 2.24) is 10.3 Å². The monoisotopic (exact) mass is 262 g/mol. The van der Waals surface area contributed by atoms with Crippen molar-refractivity contribution >= 4 is 17.4 Å². The highest BCUT2D eigenvalue weighted by Crippen LogP contribution is 2.22. The maximum atomic E-state index is 11.9. The number of hydrogen-bond donors (Lipinski definition) is 2. The number of anilines is 2. The number of carbonyl (C=O) groups is 1. The Kier molecular flexibility index (Phi) is 3.65. The molecule has 1 aromatic heterocycles. The second kappa shape index (κ2) is 5.38. The lowest BCUT2D eigenvalue weighted by molar-refractivity contribution is 0.101. The summed E-state index contributed by atoms with van der Waals surface area (Å²) in [6.07, 6.45) is 0. The van der Waals surface area contributed by atoms with E-state index in [4.69, 9.17) is 10.5 Å². The van der Waals surface area contributed by atoms with Gasteiger partial charge in [0.05, 0.1) is 6.61 Å². The standard InChI is InChI=1S/C12H14N4O3/c1-3-18-8-4-5-9(7(2)6-8)14-12(17)10-11(13)16-19-15-10/h4-6H,3H2,1-2H3,(H2,13,16)(H,14,17). The van der Waals surface area contributed by atoms with Crippen LogP contribution in [-0.4, -0.2) is 22.8 Å². The Balaban J connectivity index is 2.15. The zero-order valence-electron chi connectivity index (χ0n) is 10.6. The summed E-state index contributed by atoms with van der Waals surface area (Å²) in [7, 11) is 0. The highest BCUT2D eigenvalue weighted by Gasteiger charge is 2.16. The van der Waals surface area contributed by atoms with Gasteiger partial charge >= 0.3 is 0 Å². The summed E-state index contributed by atoms with van der Waals surface area (Å²) in [5, 5.41) is 9.48. The number of rotatable bonds is 4. The number of hydrogen-bond acceptors (Lipinski definition) is 6. The normalized spacial score (nSPS) is 10.2. The molecule has 1 heterocycles. The third-order valence-corrected chi connectivity index (χ3v) is 2.49. The summed E-state index contributed by atoms with van der Waals surface area (Å²) in [5.74, 6) is 0.243. The number of ether oxygens (including phenoxy) is 1. The van der Waals surface area contributed by atoms with Gasteiger partial charge in [-0.05, 0) is 47.9 Å². The molecule has 0 spiro atoms. The molecule has 0 saturated heterocycles. The van der Waals surface area contributed by atoms with E-state index < -0.39 is 5.91 Å². The molecule has 2 aromatic rings. The number of amides is 1. The zero-order chi connectivity index (χ0) is 13.8. The van der Waals surface area contributed by atoms with Crippen molar-refractivity contribution in [2.24, 2.45) is 0 Å². The fourth-order valence-corrected chi connectivity index (χ4v) is 1.57. The van der Waals surface area contributed by atoms with Gasteiger partial charge in [0.1, 0.15) is 5.75 Å². The van der Waals surface area contributed by atoms with Crippen LogP contribution >= 0.6 is 0 Å². The Morgan fingerprint density at radius 2 is 2.26 bits per heavy atom. The fraction of sp³-hybridized carbons (Fsp3) is 0.250. The van der Waals surface area contributed by atoms with Crippen LogP contribution in [0.1, 0.15) is 23.0 Å². The van der Waals surface area contributed by atoms with E-state index in [-0.39, 0.29) is 11.5 Å². The van der Waals surface area contributed by atoms with Gasteiger partial charge < -0.3 is 15.8 Å². The Labute approximate surface area is 109 Å². The molecule has 7 nitrogen and oxygen atoms in total. The van der Waals surface area contributed by atoms with Crippen molar-refractivity contribution in [3.63, 3.8) is 0 Å². The van der Waals surface area contributed by atoms with Gasteiger partial charge in [0, 0.05) is 5.69 Å². The number of carbonyl (C=O) groups excluding carboxylic acids is 1. The van der Waals surface area contributed by atoms with Gasteiger partial charge in [0.25, 0.3) is 5.91 Å². The van der Waals surface area contributed by atoms with Gasteiger partial charge in [-0.1, -0.05) is 0 Å². The SMILES string of the molecule is CCOc1ccc(NC(=O)c2nonc2N)c(C)c1. The molecule has 0 unspecified atom stereocenters. The van der Waals surface area contributed by atoms with Crippen LogP contribution in [0.25, 0.3) is 0 Å². The maximum Gasteiger partial charge on any atom is 0.281 e. The quantitative estimate of drug-likeness (QED) is 0.867. The van der Waals surface area contributed by atoms with Crippen LogP contribution in [0.3, 0.4) is 0 Å². The molecule has 0 aliphatic heterocycles. The molecule has 100 valence electrons. The van der Waals surface area contributed by atoms with Gasteiger partial charge in [0.2, 0.25) is 11.5 Å². The molecule has 0 aliphatic rings. The highest BCUT2D eigenvalue weighted by atomic mass is 16.6. The first-order valence-corrected chi connectivity index (χ1v) is 5.74. The molecule has 19 heavy (non-hydrogen) atoms. The number of benzene rings is 1. The zero-order valence-corrected chi connectivity index (χ0v) is 10.6. The Morgan fingerprint density at radius 1 is 1.47 bits per heavy atom. The molecule has 0 saturated carbocycles. The van der Waals surface area contributed by atoms with Gasteiger partial charge in [-0.2, -0.15) is 0 Å². The Morgan fingerprint density at radius 3 is 2.84 bits per heavy atom. The van der Waals surface area contributed by atoms with Gasteiger partial charge in [-0.15, -0.1) is 0 Å². The van der Waals surface area contributed by atoms with Gasteiger partial charge in [0.15, 0.2) is 0 Å². The van der Waals surface area contributed by atoms with Crippen LogP contribution in [0.15, 0.2) is 22.8 Å². The Hall–Kier alpha value is -2.57. The molecule has 0 atom stereocenters. The van der Waals surface area contributed by atoms with Crippen molar-refractivity contribution in [1.29, 1.82) is 0 Å². The fourth-order valence-electron chi connectivity index (χ4n) is 1.57. The summed E-state index contributed by atoms with van der Waals surface area (Å²) in [6.45, 7) is 4.36. The molecule has 0 aliphatic carbocycles. The molecule has 3 N–H and O–H groups in total. The van der Waals surface area contributed by atoms with Crippen LogP contribution in [0, 0.1) is 6.92 Å². The molecule has 7 heteroatoms. The lowest BCUT2D eigenvalue weighted by Gasteiger charge is -2.09. The largest absolute Gasteiger partial charge is 0.494 e. The van der Waals surface area contributed by atoms with E-state index >= 15 is 0 Å². The number of nitrogens with one attached hydrogen (secondary N) is 1.